The summed E-state index contributed by atoms with van der Waals surface area (Å²) in [5.41, 5.74) is 0. The van der Waals surface area contributed by atoms with E-state index in [9.17, 15) is 0 Å². The van der Waals surface area contributed by atoms with Gasteiger partial charge in [-0.3, -0.25) is 0 Å². The number of fused-ring (bicyclic) bond motifs is 1. The van der Waals surface area contributed by atoms with E-state index in [-0.39, 0.29) is 0 Å². The van der Waals surface area contributed by atoms with Crippen LogP contribution >= 0.6 is 0 Å². The number of rotatable bonds is 1. The Morgan fingerprint density at radius 1 is 1.10 bits per heavy atom. The van der Waals surface area contributed by atoms with Gasteiger partial charge in [0.15, 0.2) is 0 Å². The van der Waals surface area contributed by atoms with Crippen molar-refractivity contribution in [2.24, 2.45) is 11.8 Å². The highest BCUT2D eigenvalue weighted by Crippen LogP contribution is 2.43. The molecule has 10 heavy (non-hydrogen) atoms. The molecular weight excluding hydrogens is 122 g/mol. The fourth-order valence-corrected chi connectivity index (χ4v) is 2.92. The Morgan fingerprint density at radius 2 is 2.00 bits per heavy atom. The lowest BCUT2D eigenvalue weighted by atomic mass is 9.98. The highest BCUT2D eigenvalue weighted by atomic mass is 14.9. The van der Waals surface area contributed by atoms with Crippen LogP contribution in [0.3, 0.4) is 0 Å². The van der Waals surface area contributed by atoms with Gasteiger partial charge in [0.1, 0.15) is 0 Å². The van der Waals surface area contributed by atoms with Gasteiger partial charge in [0.2, 0.25) is 0 Å². The average molecular weight is 139 g/mol. The normalized spacial score (nSPS) is 45.9. The molecule has 0 aromatic heterocycles. The molecule has 0 spiro atoms. The molecule has 0 aromatic rings. The highest BCUT2D eigenvalue weighted by Gasteiger charge is 2.37. The van der Waals surface area contributed by atoms with Crippen LogP contribution in [0.25, 0.3) is 0 Å². The zero-order chi connectivity index (χ0) is 6.97. The van der Waals surface area contributed by atoms with E-state index in [1.807, 2.05) is 0 Å². The van der Waals surface area contributed by atoms with Gasteiger partial charge in [0.05, 0.1) is 0 Å². The molecule has 2 fully saturated rings. The zero-order valence-electron chi connectivity index (χ0n) is 6.77. The Kier molecular flexibility index (Phi) is 1.69. The zero-order valence-corrected chi connectivity index (χ0v) is 6.77. The number of nitrogens with one attached hydrogen (secondary N) is 1. The van der Waals surface area contributed by atoms with Crippen molar-refractivity contribution in [1.29, 1.82) is 0 Å². The smallest absolute Gasteiger partial charge is 0.00950 e. The molecule has 0 saturated heterocycles. The van der Waals surface area contributed by atoms with E-state index in [0.717, 1.165) is 17.9 Å². The van der Waals surface area contributed by atoms with Gasteiger partial charge in [-0.15, -0.1) is 0 Å². The van der Waals surface area contributed by atoms with E-state index >= 15 is 0 Å². The molecule has 0 radical (unpaired) electrons. The summed E-state index contributed by atoms with van der Waals surface area (Å²) in [7, 11) is 2.12. The first-order chi connectivity index (χ1) is 4.92. The molecular formula is C9H17N. The van der Waals surface area contributed by atoms with Crippen LogP contribution in [-0.2, 0) is 0 Å². The third kappa shape index (κ3) is 0.878. The summed E-state index contributed by atoms with van der Waals surface area (Å²) in [5, 5.41) is 3.44. The maximum Gasteiger partial charge on any atom is 0.00950 e. The molecule has 0 aliphatic heterocycles. The molecule has 58 valence electrons. The lowest BCUT2D eigenvalue weighted by molar-refractivity contribution is 0.385. The van der Waals surface area contributed by atoms with Gasteiger partial charge in [0, 0.05) is 6.04 Å². The molecule has 0 amide bonds. The summed E-state index contributed by atoms with van der Waals surface area (Å²) in [6.07, 6.45) is 7.44. The molecule has 2 saturated carbocycles. The molecule has 0 aromatic carbocycles. The second-order valence-electron chi connectivity index (χ2n) is 3.83. The van der Waals surface area contributed by atoms with Gasteiger partial charge >= 0.3 is 0 Å². The maximum absolute atomic E-state index is 3.44. The summed E-state index contributed by atoms with van der Waals surface area (Å²) in [6, 6.07) is 0.868. The lowest BCUT2D eigenvalue weighted by Gasteiger charge is -2.16. The van der Waals surface area contributed by atoms with Crippen molar-refractivity contribution in [3.8, 4) is 0 Å². The standard InChI is InChI=1S/C9H17N/c1-10-9-6-5-7-3-2-4-8(7)9/h7-10H,2-6H2,1H3. The van der Waals surface area contributed by atoms with Crippen molar-refractivity contribution in [3.63, 3.8) is 0 Å². The van der Waals surface area contributed by atoms with Gasteiger partial charge in [-0.2, -0.15) is 0 Å². The number of hydrogen-bond donors (Lipinski definition) is 1. The summed E-state index contributed by atoms with van der Waals surface area (Å²) in [6.45, 7) is 0. The van der Waals surface area contributed by atoms with E-state index in [1.165, 1.54) is 32.1 Å². The van der Waals surface area contributed by atoms with Crippen molar-refractivity contribution in [2.45, 2.75) is 38.1 Å². The molecule has 2 aliphatic rings. The minimum absolute atomic E-state index is 0.868. The van der Waals surface area contributed by atoms with Crippen molar-refractivity contribution in [1.82, 2.24) is 5.32 Å². The van der Waals surface area contributed by atoms with Gasteiger partial charge in [-0.05, 0) is 38.1 Å². The summed E-state index contributed by atoms with van der Waals surface area (Å²) >= 11 is 0. The first-order valence-corrected chi connectivity index (χ1v) is 4.59. The first kappa shape index (κ1) is 6.66. The van der Waals surface area contributed by atoms with Crippen LogP contribution in [0.4, 0.5) is 0 Å². The Hall–Kier alpha value is -0.0400. The van der Waals surface area contributed by atoms with Crippen LogP contribution in [-0.4, -0.2) is 13.1 Å². The molecule has 1 N–H and O–H groups in total. The summed E-state index contributed by atoms with van der Waals surface area (Å²) in [5.74, 6) is 2.14. The van der Waals surface area contributed by atoms with E-state index in [1.54, 1.807) is 0 Å². The topological polar surface area (TPSA) is 12.0 Å². The molecule has 2 aliphatic carbocycles. The van der Waals surface area contributed by atoms with Gasteiger partial charge in [0.25, 0.3) is 0 Å². The van der Waals surface area contributed by atoms with Crippen LogP contribution in [0.5, 0.6) is 0 Å². The van der Waals surface area contributed by atoms with Crippen LogP contribution in [0.1, 0.15) is 32.1 Å². The lowest BCUT2D eigenvalue weighted by Crippen LogP contribution is -2.29. The molecule has 0 bridgehead atoms. The molecule has 1 nitrogen and oxygen atoms in total. The van der Waals surface area contributed by atoms with E-state index in [4.69, 9.17) is 0 Å². The third-order valence-corrected chi connectivity index (χ3v) is 3.45. The molecule has 0 heterocycles. The van der Waals surface area contributed by atoms with E-state index in [2.05, 4.69) is 12.4 Å². The van der Waals surface area contributed by atoms with Gasteiger partial charge in [-0.25, -0.2) is 0 Å². The van der Waals surface area contributed by atoms with Gasteiger partial charge < -0.3 is 5.32 Å². The minimum atomic E-state index is 0.868. The number of hydrogen-bond acceptors (Lipinski definition) is 1. The molecule has 2 rings (SSSR count). The van der Waals surface area contributed by atoms with Crippen molar-refractivity contribution < 1.29 is 0 Å². The minimum Gasteiger partial charge on any atom is -0.317 e. The quantitative estimate of drug-likeness (QED) is 0.584. The van der Waals surface area contributed by atoms with E-state index in [0.29, 0.717) is 0 Å². The second kappa shape index (κ2) is 2.54. The Balaban J connectivity index is 2.01. The van der Waals surface area contributed by atoms with Crippen LogP contribution < -0.4 is 5.32 Å². The maximum atomic E-state index is 3.44. The van der Waals surface area contributed by atoms with Crippen LogP contribution in [0.15, 0.2) is 0 Å². The third-order valence-electron chi connectivity index (χ3n) is 3.45. The van der Waals surface area contributed by atoms with Crippen molar-refractivity contribution >= 4 is 0 Å². The second-order valence-corrected chi connectivity index (χ2v) is 3.83. The predicted molar refractivity (Wildman–Crippen MR) is 42.9 cm³/mol. The SMILES string of the molecule is CNC1CCC2CCCC21. The van der Waals surface area contributed by atoms with Crippen LogP contribution in [0.2, 0.25) is 0 Å². The average Bonchev–Trinajstić information content (AvgIpc) is 2.44. The predicted octanol–water partition coefficient (Wildman–Crippen LogP) is 1.78. The monoisotopic (exact) mass is 139 g/mol. The Morgan fingerprint density at radius 3 is 2.80 bits per heavy atom. The molecule has 1 heteroatoms. The molecule has 3 unspecified atom stereocenters. The first-order valence-electron chi connectivity index (χ1n) is 4.59. The molecule has 3 atom stereocenters. The summed E-state index contributed by atoms with van der Waals surface area (Å²) < 4.78 is 0. The largest absolute Gasteiger partial charge is 0.317 e. The van der Waals surface area contributed by atoms with E-state index < -0.39 is 0 Å². The fourth-order valence-electron chi connectivity index (χ4n) is 2.92. The van der Waals surface area contributed by atoms with Crippen LogP contribution in [0, 0.1) is 11.8 Å². The van der Waals surface area contributed by atoms with Crippen molar-refractivity contribution in [3.05, 3.63) is 0 Å². The van der Waals surface area contributed by atoms with Gasteiger partial charge in [-0.1, -0.05) is 12.8 Å². The van der Waals surface area contributed by atoms with Crippen molar-refractivity contribution in [2.75, 3.05) is 7.05 Å². The Bertz CT molecular complexity index is 122. The Labute approximate surface area is 63.2 Å². The fraction of sp³-hybridized carbons (Fsp3) is 1.00. The summed E-state index contributed by atoms with van der Waals surface area (Å²) in [4.78, 5) is 0. The highest BCUT2D eigenvalue weighted by molar-refractivity contribution is 4.92.